The Morgan fingerprint density at radius 3 is 2.74 bits per heavy atom. The number of hydrogen-bond acceptors (Lipinski definition) is 4. The minimum atomic E-state index is -0.774. The van der Waals surface area contributed by atoms with E-state index in [1.54, 1.807) is 6.07 Å². The molecule has 1 aliphatic rings. The fourth-order valence-electron chi connectivity index (χ4n) is 2.58. The van der Waals surface area contributed by atoms with Crippen molar-refractivity contribution in [3.8, 4) is 0 Å². The SMILES string of the molecule is CC[C@@H](c1ccc(F)c([N+](=O)[O-])c1)N1CCNCC1. The maximum absolute atomic E-state index is 13.4. The van der Waals surface area contributed by atoms with Crippen LogP contribution in [-0.2, 0) is 0 Å². The predicted octanol–water partition coefficient (Wildman–Crippen LogP) is 2.09. The minimum absolute atomic E-state index is 0.112. The van der Waals surface area contributed by atoms with Crippen molar-refractivity contribution in [2.75, 3.05) is 26.2 Å². The lowest BCUT2D eigenvalue weighted by Crippen LogP contribution is -2.45. The van der Waals surface area contributed by atoms with Gasteiger partial charge in [0.1, 0.15) is 0 Å². The van der Waals surface area contributed by atoms with Crippen molar-refractivity contribution in [2.24, 2.45) is 0 Å². The fourth-order valence-corrected chi connectivity index (χ4v) is 2.58. The Morgan fingerprint density at radius 2 is 2.16 bits per heavy atom. The second-order valence-corrected chi connectivity index (χ2v) is 4.68. The predicted molar refractivity (Wildman–Crippen MR) is 70.5 cm³/mol. The van der Waals surface area contributed by atoms with E-state index in [1.165, 1.54) is 12.1 Å². The lowest BCUT2D eigenvalue weighted by atomic mass is 10.0. The van der Waals surface area contributed by atoms with Crippen LogP contribution < -0.4 is 5.32 Å². The highest BCUT2D eigenvalue weighted by Gasteiger charge is 2.23. The van der Waals surface area contributed by atoms with Gasteiger partial charge in [-0.2, -0.15) is 4.39 Å². The van der Waals surface area contributed by atoms with Crippen molar-refractivity contribution < 1.29 is 9.31 Å². The van der Waals surface area contributed by atoms with Crippen LogP contribution in [-0.4, -0.2) is 36.0 Å². The van der Waals surface area contributed by atoms with Gasteiger partial charge in [-0.25, -0.2) is 0 Å². The zero-order chi connectivity index (χ0) is 13.8. The van der Waals surface area contributed by atoms with E-state index in [4.69, 9.17) is 0 Å². The number of nitro groups is 1. The second-order valence-electron chi connectivity index (χ2n) is 4.68. The van der Waals surface area contributed by atoms with Crippen LogP contribution in [0.2, 0.25) is 0 Å². The largest absolute Gasteiger partial charge is 0.314 e. The van der Waals surface area contributed by atoms with Crippen molar-refractivity contribution in [1.29, 1.82) is 0 Å². The van der Waals surface area contributed by atoms with Crippen molar-refractivity contribution in [3.63, 3.8) is 0 Å². The van der Waals surface area contributed by atoms with Gasteiger partial charge in [-0.05, 0) is 18.1 Å². The zero-order valence-electron chi connectivity index (χ0n) is 10.9. The monoisotopic (exact) mass is 267 g/mol. The molecule has 0 spiro atoms. The summed E-state index contributed by atoms with van der Waals surface area (Å²) < 4.78 is 13.4. The average molecular weight is 267 g/mol. The Bertz CT molecular complexity index is 461. The van der Waals surface area contributed by atoms with Crippen LogP contribution in [0, 0.1) is 15.9 Å². The first-order valence-electron chi connectivity index (χ1n) is 6.52. The maximum atomic E-state index is 13.4. The van der Waals surface area contributed by atoms with Gasteiger partial charge in [0.15, 0.2) is 0 Å². The van der Waals surface area contributed by atoms with E-state index in [0.717, 1.165) is 38.2 Å². The van der Waals surface area contributed by atoms with E-state index in [9.17, 15) is 14.5 Å². The molecule has 2 rings (SSSR count). The van der Waals surface area contributed by atoms with Gasteiger partial charge in [0.2, 0.25) is 5.82 Å². The zero-order valence-corrected chi connectivity index (χ0v) is 10.9. The molecule has 1 heterocycles. The molecule has 0 unspecified atom stereocenters. The summed E-state index contributed by atoms with van der Waals surface area (Å²) in [6.45, 7) is 5.69. The average Bonchev–Trinajstić information content (AvgIpc) is 2.42. The topological polar surface area (TPSA) is 58.4 Å². The van der Waals surface area contributed by atoms with Gasteiger partial charge >= 0.3 is 5.69 Å². The molecule has 0 amide bonds. The Hall–Kier alpha value is -1.53. The summed E-state index contributed by atoms with van der Waals surface area (Å²) in [5.41, 5.74) is 0.378. The third-order valence-corrected chi connectivity index (χ3v) is 3.53. The summed E-state index contributed by atoms with van der Waals surface area (Å²) in [5, 5.41) is 14.1. The first-order chi connectivity index (χ1) is 9.13. The summed E-state index contributed by atoms with van der Waals surface area (Å²) in [6, 6.07) is 4.32. The molecule has 0 aromatic heterocycles. The minimum Gasteiger partial charge on any atom is -0.314 e. The summed E-state index contributed by atoms with van der Waals surface area (Å²) >= 11 is 0. The molecule has 0 aliphatic carbocycles. The number of nitro benzene ring substituents is 1. The van der Waals surface area contributed by atoms with E-state index in [0.29, 0.717) is 0 Å². The molecule has 1 aromatic carbocycles. The first-order valence-corrected chi connectivity index (χ1v) is 6.52. The van der Waals surface area contributed by atoms with E-state index in [2.05, 4.69) is 10.2 Å². The van der Waals surface area contributed by atoms with Gasteiger partial charge in [0, 0.05) is 38.3 Å². The number of nitrogens with zero attached hydrogens (tertiary/aromatic N) is 2. The molecule has 0 bridgehead atoms. The second kappa shape index (κ2) is 6.08. The molecule has 1 aliphatic heterocycles. The van der Waals surface area contributed by atoms with Crippen LogP contribution in [0.4, 0.5) is 10.1 Å². The summed E-state index contributed by atoms with van der Waals surface area (Å²) in [7, 11) is 0. The third kappa shape index (κ3) is 3.08. The van der Waals surface area contributed by atoms with E-state index in [-0.39, 0.29) is 6.04 Å². The normalized spacial score (nSPS) is 18.2. The Morgan fingerprint density at radius 1 is 1.47 bits per heavy atom. The Kier molecular flexibility index (Phi) is 4.44. The highest BCUT2D eigenvalue weighted by atomic mass is 19.1. The summed E-state index contributed by atoms with van der Waals surface area (Å²) in [6.07, 6.45) is 0.850. The highest BCUT2D eigenvalue weighted by molar-refractivity contribution is 5.37. The molecule has 19 heavy (non-hydrogen) atoms. The van der Waals surface area contributed by atoms with Gasteiger partial charge in [0.25, 0.3) is 0 Å². The molecular weight excluding hydrogens is 249 g/mol. The fraction of sp³-hybridized carbons (Fsp3) is 0.538. The summed E-state index contributed by atoms with van der Waals surface area (Å²) in [5.74, 6) is -0.774. The lowest BCUT2D eigenvalue weighted by molar-refractivity contribution is -0.387. The number of nitrogens with one attached hydrogen (secondary N) is 1. The van der Waals surface area contributed by atoms with Crippen LogP contribution in [0.25, 0.3) is 0 Å². The molecule has 1 N–H and O–H groups in total. The molecule has 5 nitrogen and oxygen atoms in total. The third-order valence-electron chi connectivity index (χ3n) is 3.53. The molecule has 0 saturated carbocycles. The Balaban J connectivity index is 2.27. The smallest absolute Gasteiger partial charge is 0.305 e. The first kappa shape index (κ1) is 13.9. The van der Waals surface area contributed by atoms with Crippen LogP contribution in [0.5, 0.6) is 0 Å². The van der Waals surface area contributed by atoms with Gasteiger partial charge in [0.05, 0.1) is 4.92 Å². The van der Waals surface area contributed by atoms with Crippen molar-refractivity contribution in [2.45, 2.75) is 19.4 Å². The number of hydrogen-bond donors (Lipinski definition) is 1. The molecule has 1 fully saturated rings. The van der Waals surface area contributed by atoms with Crippen LogP contribution in [0.1, 0.15) is 24.9 Å². The molecule has 0 radical (unpaired) electrons. The van der Waals surface area contributed by atoms with E-state index in [1.807, 2.05) is 6.92 Å². The van der Waals surface area contributed by atoms with Crippen molar-refractivity contribution in [1.82, 2.24) is 10.2 Å². The van der Waals surface area contributed by atoms with Crippen LogP contribution >= 0.6 is 0 Å². The molecule has 104 valence electrons. The van der Waals surface area contributed by atoms with E-state index >= 15 is 0 Å². The van der Waals surface area contributed by atoms with Crippen molar-refractivity contribution >= 4 is 5.69 Å². The Labute approximate surface area is 111 Å². The number of rotatable bonds is 4. The van der Waals surface area contributed by atoms with Gasteiger partial charge in [-0.3, -0.25) is 15.0 Å². The van der Waals surface area contributed by atoms with Gasteiger partial charge in [-0.15, -0.1) is 0 Å². The van der Waals surface area contributed by atoms with Crippen molar-refractivity contribution in [3.05, 3.63) is 39.7 Å². The number of piperazine rings is 1. The highest BCUT2D eigenvalue weighted by Crippen LogP contribution is 2.28. The standard InChI is InChI=1S/C13H18FN3O2/c1-2-12(16-7-5-15-6-8-16)10-3-4-11(14)13(9-10)17(18)19/h3-4,9,12,15H,2,5-8H2,1H3/t12-/m0/s1. The van der Waals surface area contributed by atoms with Gasteiger partial charge in [-0.1, -0.05) is 13.0 Å². The molecular formula is C13H18FN3O2. The molecule has 1 atom stereocenters. The van der Waals surface area contributed by atoms with Crippen LogP contribution in [0.3, 0.4) is 0 Å². The molecule has 1 aromatic rings. The van der Waals surface area contributed by atoms with Crippen LogP contribution in [0.15, 0.2) is 18.2 Å². The maximum Gasteiger partial charge on any atom is 0.305 e. The molecule has 1 saturated heterocycles. The van der Waals surface area contributed by atoms with Gasteiger partial charge < -0.3 is 5.32 Å². The van der Waals surface area contributed by atoms with E-state index < -0.39 is 16.4 Å². The lowest BCUT2D eigenvalue weighted by Gasteiger charge is -2.34. The number of benzene rings is 1. The summed E-state index contributed by atoms with van der Waals surface area (Å²) in [4.78, 5) is 12.4. The number of halogens is 1. The quantitative estimate of drug-likeness (QED) is 0.670. The molecule has 6 heteroatoms.